The SMILES string of the molecule is Cc1noc(C)c1S(=O)(=O)N1CCN(CC(=O)c2cc(C)n(-c3ccc(F)cc3)c2C)CC1. The van der Waals surface area contributed by atoms with E-state index >= 15 is 0 Å². The standard InChI is InChI=1S/C23H27FN4O4S/c1-15-13-21(17(3)28(15)20-7-5-19(24)6-8-20)22(29)14-26-9-11-27(12-10-26)33(30,31)23-16(2)25-32-18(23)4/h5-8,13H,9-12,14H2,1-4H3. The average Bonchev–Trinajstić information content (AvgIpc) is 3.27. The predicted molar refractivity (Wildman–Crippen MR) is 121 cm³/mol. The Hall–Kier alpha value is -2.82. The fourth-order valence-electron chi connectivity index (χ4n) is 4.42. The molecule has 1 aliphatic rings. The van der Waals surface area contributed by atoms with Crippen LogP contribution in [0.25, 0.3) is 5.69 Å². The summed E-state index contributed by atoms with van der Waals surface area (Å²) in [7, 11) is -3.69. The number of aryl methyl sites for hydroxylation is 3. The molecule has 0 unspecified atom stereocenters. The van der Waals surface area contributed by atoms with Crippen molar-refractivity contribution in [1.82, 2.24) is 18.9 Å². The second kappa shape index (κ2) is 8.85. The Labute approximate surface area is 192 Å². The smallest absolute Gasteiger partial charge is 0.248 e. The molecule has 4 rings (SSSR count). The van der Waals surface area contributed by atoms with Crippen LogP contribution >= 0.6 is 0 Å². The maximum Gasteiger partial charge on any atom is 0.248 e. The Bertz CT molecular complexity index is 1270. The van der Waals surface area contributed by atoms with Crippen molar-refractivity contribution in [3.05, 3.63) is 64.6 Å². The molecule has 33 heavy (non-hydrogen) atoms. The van der Waals surface area contributed by atoms with Crippen molar-refractivity contribution >= 4 is 15.8 Å². The van der Waals surface area contributed by atoms with Gasteiger partial charge in [-0.25, -0.2) is 12.8 Å². The number of sulfonamides is 1. The third kappa shape index (κ3) is 4.38. The van der Waals surface area contributed by atoms with Crippen molar-refractivity contribution in [3.8, 4) is 5.69 Å². The highest BCUT2D eigenvalue weighted by molar-refractivity contribution is 7.89. The number of rotatable bonds is 6. The number of piperazine rings is 1. The van der Waals surface area contributed by atoms with E-state index in [-0.39, 0.29) is 41.9 Å². The second-order valence-corrected chi connectivity index (χ2v) is 10.2. The molecule has 10 heteroatoms. The molecule has 1 fully saturated rings. The molecule has 1 saturated heterocycles. The summed E-state index contributed by atoms with van der Waals surface area (Å²) in [6, 6.07) is 8.00. The van der Waals surface area contributed by atoms with Crippen molar-refractivity contribution in [2.75, 3.05) is 32.7 Å². The van der Waals surface area contributed by atoms with E-state index in [4.69, 9.17) is 4.52 Å². The van der Waals surface area contributed by atoms with Gasteiger partial charge in [0.05, 0.1) is 6.54 Å². The Morgan fingerprint density at radius 1 is 1.06 bits per heavy atom. The Morgan fingerprint density at radius 2 is 1.70 bits per heavy atom. The quantitative estimate of drug-likeness (QED) is 0.511. The van der Waals surface area contributed by atoms with Crippen LogP contribution in [0.5, 0.6) is 0 Å². The van der Waals surface area contributed by atoms with E-state index in [2.05, 4.69) is 5.16 Å². The number of aromatic nitrogens is 2. The molecule has 8 nitrogen and oxygen atoms in total. The third-order valence-electron chi connectivity index (χ3n) is 6.08. The van der Waals surface area contributed by atoms with Crippen molar-refractivity contribution in [2.24, 2.45) is 0 Å². The zero-order valence-corrected chi connectivity index (χ0v) is 19.9. The first-order valence-electron chi connectivity index (χ1n) is 10.7. The van der Waals surface area contributed by atoms with Crippen LogP contribution in [-0.4, -0.2) is 65.9 Å². The number of Topliss-reactive ketones (excluding diaryl/α,β-unsaturated/α-hetero) is 1. The molecular formula is C23H27FN4O4S. The van der Waals surface area contributed by atoms with Crippen molar-refractivity contribution in [3.63, 3.8) is 0 Å². The van der Waals surface area contributed by atoms with E-state index in [1.54, 1.807) is 26.0 Å². The van der Waals surface area contributed by atoms with Gasteiger partial charge in [0.2, 0.25) is 10.0 Å². The monoisotopic (exact) mass is 474 g/mol. The van der Waals surface area contributed by atoms with Crippen LogP contribution in [0.4, 0.5) is 4.39 Å². The summed E-state index contributed by atoms with van der Waals surface area (Å²) in [5, 5.41) is 3.75. The highest BCUT2D eigenvalue weighted by Gasteiger charge is 2.33. The zero-order chi connectivity index (χ0) is 23.9. The second-order valence-electron chi connectivity index (χ2n) is 8.35. The maximum absolute atomic E-state index is 13.3. The summed E-state index contributed by atoms with van der Waals surface area (Å²) in [5.41, 5.74) is 3.44. The molecule has 1 aliphatic heterocycles. The minimum Gasteiger partial charge on any atom is -0.360 e. The molecule has 0 aliphatic carbocycles. The maximum atomic E-state index is 13.3. The van der Waals surface area contributed by atoms with Gasteiger partial charge >= 0.3 is 0 Å². The highest BCUT2D eigenvalue weighted by atomic mass is 32.2. The number of carbonyl (C=O) groups is 1. The van der Waals surface area contributed by atoms with Crippen molar-refractivity contribution in [1.29, 1.82) is 0 Å². The van der Waals surface area contributed by atoms with Gasteiger partial charge in [0.25, 0.3) is 0 Å². The minimum atomic E-state index is -3.69. The zero-order valence-electron chi connectivity index (χ0n) is 19.1. The molecule has 0 N–H and O–H groups in total. The normalized spacial score (nSPS) is 15.8. The van der Waals surface area contributed by atoms with Gasteiger partial charge in [-0.1, -0.05) is 5.16 Å². The topological polar surface area (TPSA) is 88.7 Å². The fraction of sp³-hybridized carbons (Fsp3) is 0.391. The lowest BCUT2D eigenvalue weighted by Gasteiger charge is -2.33. The van der Waals surface area contributed by atoms with E-state index in [1.165, 1.54) is 16.4 Å². The number of ketones is 1. The van der Waals surface area contributed by atoms with Crippen LogP contribution in [0.3, 0.4) is 0 Å². The highest BCUT2D eigenvalue weighted by Crippen LogP contribution is 2.25. The molecule has 2 aromatic heterocycles. The largest absolute Gasteiger partial charge is 0.360 e. The van der Waals surface area contributed by atoms with E-state index < -0.39 is 10.0 Å². The molecule has 0 atom stereocenters. The first-order chi connectivity index (χ1) is 15.6. The summed E-state index contributed by atoms with van der Waals surface area (Å²) >= 11 is 0. The van der Waals surface area contributed by atoms with E-state index in [0.29, 0.717) is 24.3 Å². The lowest BCUT2D eigenvalue weighted by atomic mass is 10.1. The molecule has 0 saturated carbocycles. The predicted octanol–water partition coefficient (Wildman–Crippen LogP) is 3.03. The van der Waals surface area contributed by atoms with E-state index in [1.807, 2.05) is 29.4 Å². The summed E-state index contributed by atoms with van der Waals surface area (Å²) in [5.74, 6) is -0.0619. The number of halogens is 1. The van der Waals surface area contributed by atoms with E-state index in [9.17, 15) is 17.6 Å². The average molecular weight is 475 g/mol. The Kier molecular flexibility index (Phi) is 6.26. The van der Waals surface area contributed by atoms with Crippen LogP contribution in [-0.2, 0) is 10.0 Å². The van der Waals surface area contributed by atoms with Gasteiger partial charge in [0.15, 0.2) is 11.5 Å². The molecule has 0 spiro atoms. The van der Waals surface area contributed by atoms with E-state index in [0.717, 1.165) is 17.1 Å². The number of benzene rings is 1. The molecule has 3 heterocycles. The molecular weight excluding hydrogens is 447 g/mol. The first kappa shape index (κ1) is 23.3. The Balaban J connectivity index is 1.44. The van der Waals surface area contributed by atoms with Crippen LogP contribution in [0.15, 0.2) is 39.8 Å². The van der Waals surface area contributed by atoms with Gasteiger partial charge in [0.1, 0.15) is 16.4 Å². The van der Waals surface area contributed by atoms with Crippen molar-refractivity contribution in [2.45, 2.75) is 32.6 Å². The molecule has 176 valence electrons. The molecule has 0 radical (unpaired) electrons. The number of hydrogen-bond acceptors (Lipinski definition) is 6. The summed E-state index contributed by atoms with van der Waals surface area (Å²) < 4.78 is 47.7. The summed E-state index contributed by atoms with van der Waals surface area (Å²) in [6.45, 7) is 8.65. The molecule has 3 aromatic rings. The fourth-order valence-corrected chi connectivity index (χ4v) is 6.13. The minimum absolute atomic E-state index is 0.0292. The van der Waals surface area contributed by atoms with Crippen LogP contribution in [0.1, 0.15) is 33.2 Å². The van der Waals surface area contributed by atoms with Gasteiger partial charge in [0, 0.05) is 48.8 Å². The number of carbonyl (C=O) groups excluding carboxylic acids is 1. The summed E-state index contributed by atoms with van der Waals surface area (Å²) in [6.07, 6.45) is 0. The van der Waals surface area contributed by atoms with Gasteiger partial charge in [-0.2, -0.15) is 4.31 Å². The van der Waals surface area contributed by atoms with Crippen LogP contribution in [0, 0.1) is 33.5 Å². The van der Waals surface area contributed by atoms with Gasteiger partial charge < -0.3 is 9.09 Å². The van der Waals surface area contributed by atoms with Gasteiger partial charge in [-0.15, -0.1) is 0 Å². The summed E-state index contributed by atoms with van der Waals surface area (Å²) in [4.78, 5) is 15.2. The van der Waals surface area contributed by atoms with Gasteiger partial charge in [-0.05, 0) is 58.0 Å². The van der Waals surface area contributed by atoms with Crippen LogP contribution in [0.2, 0.25) is 0 Å². The molecule has 1 aromatic carbocycles. The molecule has 0 bridgehead atoms. The first-order valence-corrected chi connectivity index (χ1v) is 12.2. The lowest BCUT2D eigenvalue weighted by molar-refractivity contribution is 0.0901. The lowest BCUT2D eigenvalue weighted by Crippen LogP contribution is -2.49. The third-order valence-corrected chi connectivity index (χ3v) is 8.22. The van der Waals surface area contributed by atoms with Gasteiger partial charge in [-0.3, -0.25) is 9.69 Å². The van der Waals surface area contributed by atoms with Crippen LogP contribution < -0.4 is 0 Å². The Morgan fingerprint density at radius 3 is 2.27 bits per heavy atom. The molecule has 0 amide bonds. The number of hydrogen-bond donors (Lipinski definition) is 0. The number of nitrogens with zero attached hydrogens (tertiary/aromatic N) is 4. The van der Waals surface area contributed by atoms with Crippen molar-refractivity contribution < 1.29 is 22.1 Å².